The summed E-state index contributed by atoms with van der Waals surface area (Å²) in [5.41, 5.74) is 0. The van der Waals surface area contributed by atoms with Crippen molar-refractivity contribution in [3.8, 4) is 0 Å². The number of thioether (sulfide) groups is 1. The highest BCUT2D eigenvalue weighted by Crippen LogP contribution is 2.00. The van der Waals surface area contributed by atoms with Crippen molar-refractivity contribution in [3.05, 3.63) is 0 Å². The number of carboxylic acids is 1. The number of hydrogen-bond acceptors (Lipinski definition) is 4. The van der Waals surface area contributed by atoms with Crippen LogP contribution in [0.1, 0.15) is 12.8 Å². The van der Waals surface area contributed by atoms with Gasteiger partial charge < -0.3 is 10.4 Å². The van der Waals surface area contributed by atoms with Crippen LogP contribution in [0.3, 0.4) is 0 Å². The molecule has 0 aliphatic heterocycles. The predicted molar refractivity (Wildman–Crippen MR) is 60.9 cm³/mol. The summed E-state index contributed by atoms with van der Waals surface area (Å²) < 4.78 is 0. The van der Waals surface area contributed by atoms with E-state index in [-0.39, 0.29) is 0 Å². The average molecular weight is 223 g/mol. The standard InChI is InChI=1S/C8H17NO2S2/c1-13-6-3-7(8(10)11)9-4-2-5-12/h7,9,12H,2-6H2,1H3,(H,10,11)/t7-/m0/s1. The third-order valence-corrected chi connectivity index (χ3v) is 2.59. The molecular formula is C8H17NO2S2. The van der Waals surface area contributed by atoms with Crippen LogP contribution in [-0.2, 0) is 4.79 Å². The van der Waals surface area contributed by atoms with Gasteiger partial charge in [-0.05, 0) is 37.1 Å². The lowest BCUT2D eigenvalue weighted by atomic mass is 10.2. The molecule has 0 amide bonds. The zero-order valence-electron chi connectivity index (χ0n) is 7.82. The van der Waals surface area contributed by atoms with Gasteiger partial charge >= 0.3 is 5.97 Å². The molecule has 0 fully saturated rings. The normalized spacial score (nSPS) is 12.8. The fourth-order valence-electron chi connectivity index (χ4n) is 0.904. The first-order chi connectivity index (χ1) is 6.22. The number of nitrogens with one attached hydrogen (secondary N) is 1. The minimum atomic E-state index is -0.756. The summed E-state index contributed by atoms with van der Waals surface area (Å²) in [4.78, 5) is 10.7. The Kier molecular flexibility index (Phi) is 8.80. The van der Waals surface area contributed by atoms with Gasteiger partial charge in [-0.15, -0.1) is 0 Å². The quantitative estimate of drug-likeness (QED) is 0.426. The van der Waals surface area contributed by atoms with Gasteiger partial charge in [-0.1, -0.05) is 0 Å². The minimum Gasteiger partial charge on any atom is -0.480 e. The van der Waals surface area contributed by atoms with Crippen molar-refractivity contribution in [2.75, 3.05) is 24.3 Å². The van der Waals surface area contributed by atoms with E-state index in [0.717, 1.165) is 24.5 Å². The largest absolute Gasteiger partial charge is 0.480 e. The van der Waals surface area contributed by atoms with Gasteiger partial charge in [-0.25, -0.2) is 0 Å². The molecule has 1 atom stereocenters. The number of thiol groups is 1. The number of hydrogen-bond donors (Lipinski definition) is 3. The predicted octanol–water partition coefficient (Wildman–Crippen LogP) is 1.10. The first-order valence-corrected chi connectivity index (χ1v) is 6.31. The van der Waals surface area contributed by atoms with E-state index >= 15 is 0 Å². The van der Waals surface area contributed by atoms with Crippen LogP contribution in [0.4, 0.5) is 0 Å². The maximum Gasteiger partial charge on any atom is 0.320 e. The van der Waals surface area contributed by atoms with Gasteiger partial charge in [-0.3, -0.25) is 4.79 Å². The van der Waals surface area contributed by atoms with Crippen LogP contribution < -0.4 is 5.32 Å². The summed E-state index contributed by atoms with van der Waals surface area (Å²) in [6.45, 7) is 0.731. The fourth-order valence-corrected chi connectivity index (χ4v) is 1.53. The molecule has 13 heavy (non-hydrogen) atoms. The highest BCUT2D eigenvalue weighted by atomic mass is 32.2. The van der Waals surface area contributed by atoms with Crippen molar-refractivity contribution < 1.29 is 9.90 Å². The van der Waals surface area contributed by atoms with Gasteiger partial charge in [0.05, 0.1) is 0 Å². The minimum absolute atomic E-state index is 0.396. The summed E-state index contributed by atoms with van der Waals surface area (Å²) in [5.74, 6) is 0.917. The molecule has 0 rings (SSSR count). The number of carbonyl (C=O) groups is 1. The summed E-state index contributed by atoms with van der Waals surface area (Å²) >= 11 is 5.72. The second kappa shape index (κ2) is 8.72. The monoisotopic (exact) mass is 223 g/mol. The Morgan fingerprint density at radius 1 is 1.69 bits per heavy atom. The molecular weight excluding hydrogens is 206 g/mol. The first kappa shape index (κ1) is 13.1. The highest BCUT2D eigenvalue weighted by Gasteiger charge is 2.14. The molecule has 78 valence electrons. The van der Waals surface area contributed by atoms with Crippen LogP contribution in [0.25, 0.3) is 0 Å². The molecule has 2 N–H and O–H groups in total. The molecule has 0 radical (unpaired) electrons. The molecule has 0 heterocycles. The zero-order valence-corrected chi connectivity index (χ0v) is 9.53. The lowest BCUT2D eigenvalue weighted by molar-refractivity contribution is -0.139. The van der Waals surface area contributed by atoms with Gasteiger partial charge in [0, 0.05) is 0 Å². The van der Waals surface area contributed by atoms with E-state index in [1.54, 1.807) is 11.8 Å². The van der Waals surface area contributed by atoms with E-state index in [9.17, 15) is 4.79 Å². The second-order valence-corrected chi connectivity index (χ2v) is 4.14. The molecule has 3 nitrogen and oxygen atoms in total. The van der Waals surface area contributed by atoms with E-state index in [1.807, 2.05) is 6.26 Å². The van der Waals surface area contributed by atoms with Crippen LogP contribution in [0.15, 0.2) is 0 Å². The van der Waals surface area contributed by atoms with Crippen LogP contribution in [-0.4, -0.2) is 41.4 Å². The van der Waals surface area contributed by atoms with Gasteiger partial charge in [-0.2, -0.15) is 24.4 Å². The fraction of sp³-hybridized carbons (Fsp3) is 0.875. The molecule has 0 aliphatic rings. The number of rotatable bonds is 8. The molecule has 0 spiro atoms. The Bertz CT molecular complexity index is 144. The van der Waals surface area contributed by atoms with Crippen molar-refractivity contribution in [1.29, 1.82) is 0 Å². The first-order valence-electron chi connectivity index (χ1n) is 4.28. The molecule has 0 unspecified atom stereocenters. The Morgan fingerprint density at radius 3 is 2.85 bits per heavy atom. The summed E-state index contributed by atoms with van der Waals surface area (Å²) in [5, 5.41) is 11.8. The highest BCUT2D eigenvalue weighted by molar-refractivity contribution is 7.98. The SMILES string of the molecule is CSCC[C@H](NCCCS)C(=O)O. The Hall–Kier alpha value is 0.130. The maximum absolute atomic E-state index is 10.7. The van der Waals surface area contributed by atoms with E-state index in [1.165, 1.54) is 0 Å². The van der Waals surface area contributed by atoms with Crippen molar-refractivity contribution >= 4 is 30.4 Å². The van der Waals surface area contributed by atoms with Gasteiger partial charge in [0.1, 0.15) is 6.04 Å². The lowest BCUT2D eigenvalue weighted by Gasteiger charge is -2.12. The van der Waals surface area contributed by atoms with Crippen LogP contribution in [0.5, 0.6) is 0 Å². The molecule has 5 heteroatoms. The van der Waals surface area contributed by atoms with Gasteiger partial charge in [0.15, 0.2) is 0 Å². The van der Waals surface area contributed by atoms with Crippen molar-refractivity contribution in [1.82, 2.24) is 5.32 Å². The number of carboxylic acid groups (broad SMARTS) is 1. The Morgan fingerprint density at radius 2 is 2.38 bits per heavy atom. The molecule has 0 aromatic heterocycles. The summed E-state index contributed by atoms with van der Waals surface area (Å²) in [7, 11) is 0. The zero-order chi connectivity index (χ0) is 10.1. The summed E-state index contributed by atoms with van der Waals surface area (Å²) in [6, 6.07) is -0.396. The second-order valence-electron chi connectivity index (χ2n) is 2.70. The molecule has 0 aromatic carbocycles. The van der Waals surface area contributed by atoms with Crippen LogP contribution in [0.2, 0.25) is 0 Å². The van der Waals surface area contributed by atoms with Gasteiger partial charge in [0.2, 0.25) is 0 Å². The molecule has 0 saturated heterocycles. The van der Waals surface area contributed by atoms with Crippen molar-refractivity contribution in [2.24, 2.45) is 0 Å². The van der Waals surface area contributed by atoms with E-state index in [0.29, 0.717) is 6.42 Å². The smallest absolute Gasteiger partial charge is 0.320 e. The van der Waals surface area contributed by atoms with E-state index in [4.69, 9.17) is 5.11 Å². The third kappa shape index (κ3) is 7.22. The third-order valence-electron chi connectivity index (χ3n) is 1.63. The van der Waals surface area contributed by atoms with E-state index < -0.39 is 12.0 Å². The average Bonchev–Trinajstić information content (AvgIpc) is 2.10. The van der Waals surface area contributed by atoms with Crippen LogP contribution in [0, 0.1) is 0 Å². The molecule has 0 saturated carbocycles. The molecule has 0 aromatic rings. The molecule has 0 bridgehead atoms. The Labute approximate surface area is 89.1 Å². The molecule has 0 aliphatic carbocycles. The van der Waals surface area contributed by atoms with Crippen molar-refractivity contribution in [3.63, 3.8) is 0 Å². The van der Waals surface area contributed by atoms with Crippen LogP contribution >= 0.6 is 24.4 Å². The lowest BCUT2D eigenvalue weighted by Crippen LogP contribution is -2.37. The van der Waals surface area contributed by atoms with Crippen molar-refractivity contribution in [2.45, 2.75) is 18.9 Å². The van der Waals surface area contributed by atoms with Gasteiger partial charge in [0.25, 0.3) is 0 Å². The maximum atomic E-state index is 10.7. The van der Waals surface area contributed by atoms with E-state index in [2.05, 4.69) is 17.9 Å². The summed E-state index contributed by atoms with van der Waals surface area (Å²) in [6.07, 6.45) is 3.57. The topological polar surface area (TPSA) is 49.3 Å². The Balaban J connectivity index is 3.61. The number of aliphatic carboxylic acids is 1.